The van der Waals surface area contributed by atoms with Crippen molar-refractivity contribution in [1.82, 2.24) is 0 Å². The van der Waals surface area contributed by atoms with Crippen LogP contribution in [-0.4, -0.2) is 20.4 Å². The van der Waals surface area contributed by atoms with Crippen molar-refractivity contribution < 1.29 is 22.6 Å². The molecule has 1 aromatic rings. The first kappa shape index (κ1) is 15.1. The SMILES string of the molecule is COc1cc(Br)c([C@H](N)CC(F)(F)F)cc1OC. The third-order valence-electron chi connectivity index (χ3n) is 2.35. The van der Waals surface area contributed by atoms with Gasteiger partial charge in [-0.2, -0.15) is 13.2 Å². The van der Waals surface area contributed by atoms with E-state index in [1.54, 1.807) is 0 Å². The lowest BCUT2D eigenvalue weighted by Crippen LogP contribution is -2.20. The molecule has 2 N–H and O–H groups in total. The van der Waals surface area contributed by atoms with Gasteiger partial charge in [-0.25, -0.2) is 0 Å². The zero-order valence-electron chi connectivity index (χ0n) is 9.84. The Balaban J connectivity index is 3.09. The first-order valence-corrected chi connectivity index (χ1v) is 5.81. The van der Waals surface area contributed by atoms with Gasteiger partial charge >= 0.3 is 6.18 Å². The van der Waals surface area contributed by atoms with E-state index in [1.165, 1.54) is 26.4 Å². The Morgan fingerprint density at radius 2 is 1.72 bits per heavy atom. The zero-order valence-corrected chi connectivity index (χ0v) is 11.4. The summed E-state index contributed by atoms with van der Waals surface area (Å²) in [4.78, 5) is 0. The lowest BCUT2D eigenvalue weighted by Gasteiger charge is -2.18. The van der Waals surface area contributed by atoms with Gasteiger partial charge in [-0.05, 0) is 17.7 Å². The van der Waals surface area contributed by atoms with Crippen molar-refractivity contribution in [2.75, 3.05) is 14.2 Å². The minimum Gasteiger partial charge on any atom is -0.493 e. The number of benzene rings is 1. The van der Waals surface area contributed by atoms with E-state index in [1.807, 2.05) is 0 Å². The maximum absolute atomic E-state index is 12.3. The molecule has 18 heavy (non-hydrogen) atoms. The second-order valence-corrected chi connectivity index (χ2v) is 4.51. The summed E-state index contributed by atoms with van der Waals surface area (Å²) in [6, 6.07) is 1.82. The smallest absolute Gasteiger partial charge is 0.390 e. The molecule has 1 atom stereocenters. The van der Waals surface area contributed by atoms with Crippen LogP contribution in [0.15, 0.2) is 16.6 Å². The Labute approximate surface area is 111 Å². The maximum atomic E-state index is 12.3. The van der Waals surface area contributed by atoms with Gasteiger partial charge in [0.25, 0.3) is 0 Å². The number of halogens is 4. The van der Waals surface area contributed by atoms with Crippen LogP contribution in [-0.2, 0) is 0 Å². The first-order valence-electron chi connectivity index (χ1n) is 5.02. The fourth-order valence-electron chi connectivity index (χ4n) is 1.51. The molecule has 7 heteroatoms. The molecule has 0 spiro atoms. The summed E-state index contributed by atoms with van der Waals surface area (Å²) in [6.07, 6.45) is -5.41. The number of nitrogens with two attached hydrogens (primary N) is 1. The molecule has 1 rings (SSSR count). The molecule has 0 aliphatic rings. The zero-order chi connectivity index (χ0) is 13.9. The second-order valence-electron chi connectivity index (χ2n) is 3.65. The standard InChI is InChI=1S/C11H13BrF3NO2/c1-17-9-3-6(7(12)4-10(9)18-2)8(16)5-11(13,14)15/h3-4,8H,5,16H2,1-2H3/t8-/m1/s1. The van der Waals surface area contributed by atoms with Gasteiger partial charge in [0.15, 0.2) is 11.5 Å². The van der Waals surface area contributed by atoms with Crippen molar-refractivity contribution in [2.45, 2.75) is 18.6 Å². The molecular formula is C11H13BrF3NO2. The molecular weight excluding hydrogens is 315 g/mol. The molecule has 0 unspecified atom stereocenters. The normalized spacial score (nSPS) is 13.3. The molecule has 3 nitrogen and oxygen atoms in total. The van der Waals surface area contributed by atoms with Crippen LogP contribution in [0.25, 0.3) is 0 Å². The molecule has 0 aromatic heterocycles. The minimum atomic E-state index is -4.31. The molecule has 0 heterocycles. The van der Waals surface area contributed by atoms with Gasteiger partial charge in [0.05, 0.1) is 20.6 Å². The lowest BCUT2D eigenvalue weighted by atomic mass is 10.0. The predicted octanol–water partition coefficient (Wildman–Crippen LogP) is 3.42. The van der Waals surface area contributed by atoms with Crippen LogP contribution in [0, 0.1) is 0 Å². The van der Waals surface area contributed by atoms with E-state index in [0.29, 0.717) is 21.5 Å². The summed E-state index contributed by atoms with van der Waals surface area (Å²) in [5, 5.41) is 0. The number of ether oxygens (including phenoxy) is 2. The van der Waals surface area contributed by atoms with E-state index < -0.39 is 18.6 Å². The lowest BCUT2D eigenvalue weighted by molar-refractivity contribution is -0.138. The minimum absolute atomic E-state index is 0.324. The van der Waals surface area contributed by atoms with Crippen LogP contribution in [0.1, 0.15) is 18.0 Å². The first-order chi connectivity index (χ1) is 8.28. The van der Waals surface area contributed by atoms with Crippen molar-refractivity contribution >= 4 is 15.9 Å². The average Bonchev–Trinajstić information content (AvgIpc) is 2.26. The van der Waals surface area contributed by atoms with Crippen LogP contribution in [0.2, 0.25) is 0 Å². The molecule has 0 bridgehead atoms. The number of rotatable bonds is 4. The third-order valence-corrected chi connectivity index (χ3v) is 3.04. The van der Waals surface area contributed by atoms with E-state index in [9.17, 15) is 13.2 Å². The van der Waals surface area contributed by atoms with Gasteiger partial charge in [0, 0.05) is 10.5 Å². The highest BCUT2D eigenvalue weighted by Crippen LogP contribution is 2.38. The molecule has 0 amide bonds. The molecule has 0 radical (unpaired) electrons. The number of hydrogen-bond donors (Lipinski definition) is 1. The van der Waals surface area contributed by atoms with Crippen LogP contribution >= 0.6 is 15.9 Å². The highest BCUT2D eigenvalue weighted by atomic mass is 79.9. The molecule has 1 aromatic carbocycles. The fraction of sp³-hybridized carbons (Fsp3) is 0.455. The van der Waals surface area contributed by atoms with E-state index in [0.717, 1.165) is 0 Å². The summed E-state index contributed by atoms with van der Waals surface area (Å²) in [5.41, 5.74) is 5.87. The van der Waals surface area contributed by atoms with Crippen LogP contribution in [0.5, 0.6) is 11.5 Å². The van der Waals surface area contributed by atoms with E-state index in [-0.39, 0.29) is 0 Å². The van der Waals surface area contributed by atoms with Crippen molar-refractivity contribution in [1.29, 1.82) is 0 Å². The molecule has 0 saturated carbocycles. The Bertz CT molecular complexity index is 423. The Kier molecular flexibility index (Phi) is 4.86. The Morgan fingerprint density at radius 3 is 2.17 bits per heavy atom. The second kappa shape index (κ2) is 5.79. The van der Waals surface area contributed by atoms with Crippen molar-refractivity contribution in [3.63, 3.8) is 0 Å². The van der Waals surface area contributed by atoms with Crippen LogP contribution in [0.3, 0.4) is 0 Å². The van der Waals surface area contributed by atoms with Gasteiger partial charge in [-0.3, -0.25) is 0 Å². The summed E-state index contributed by atoms with van der Waals surface area (Å²) in [6.45, 7) is 0. The molecule has 0 saturated heterocycles. The summed E-state index contributed by atoms with van der Waals surface area (Å²) >= 11 is 3.18. The van der Waals surface area contributed by atoms with Crippen molar-refractivity contribution in [3.05, 3.63) is 22.2 Å². The van der Waals surface area contributed by atoms with Crippen LogP contribution in [0.4, 0.5) is 13.2 Å². The molecule has 0 aliphatic heterocycles. The van der Waals surface area contributed by atoms with Gasteiger partial charge < -0.3 is 15.2 Å². The largest absolute Gasteiger partial charge is 0.493 e. The summed E-state index contributed by atoms with van der Waals surface area (Å²) in [7, 11) is 2.85. The number of alkyl halides is 3. The Hall–Kier alpha value is -0.950. The number of methoxy groups -OCH3 is 2. The highest BCUT2D eigenvalue weighted by Gasteiger charge is 2.32. The van der Waals surface area contributed by atoms with Gasteiger partial charge in [0.1, 0.15) is 0 Å². The fourth-order valence-corrected chi connectivity index (χ4v) is 2.13. The third kappa shape index (κ3) is 3.78. The molecule has 0 aliphatic carbocycles. The van der Waals surface area contributed by atoms with Crippen molar-refractivity contribution in [3.8, 4) is 11.5 Å². The van der Waals surface area contributed by atoms with E-state index >= 15 is 0 Å². The van der Waals surface area contributed by atoms with Gasteiger partial charge in [-0.1, -0.05) is 15.9 Å². The van der Waals surface area contributed by atoms with E-state index in [4.69, 9.17) is 15.2 Å². The number of hydrogen-bond acceptors (Lipinski definition) is 3. The summed E-state index contributed by atoms with van der Waals surface area (Å²) in [5.74, 6) is 0.764. The molecule has 102 valence electrons. The topological polar surface area (TPSA) is 44.5 Å². The van der Waals surface area contributed by atoms with Crippen molar-refractivity contribution in [2.24, 2.45) is 5.73 Å². The molecule has 0 fully saturated rings. The maximum Gasteiger partial charge on any atom is 0.390 e. The predicted molar refractivity (Wildman–Crippen MR) is 64.8 cm³/mol. The van der Waals surface area contributed by atoms with E-state index in [2.05, 4.69) is 15.9 Å². The summed E-state index contributed by atoms with van der Waals surface area (Å²) < 4.78 is 47.4. The quantitative estimate of drug-likeness (QED) is 0.921. The Morgan fingerprint density at radius 1 is 1.22 bits per heavy atom. The highest BCUT2D eigenvalue weighted by molar-refractivity contribution is 9.10. The van der Waals surface area contributed by atoms with Crippen LogP contribution < -0.4 is 15.2 Å². The van der Waals surface area contributed by atoms with Gasteiger partial charge in [-0.15, -0.1) is 0 Å². The average molecular weight is 328 g/mol. The monoisotopic (exact) mass is 327 g/mol. The van der Waals surface area contributed by atoms with Gasteiger partial charge in [0.2, 0.25) is 0 Å².